The first-order valence-electron chi connectivity index (χ1n) is 5.08. The first-order chi connectivity index (χ1) is 5.86. The van der Waals surface area contributed by atoms with E-state index in [0.717, 1.165) is 12.6 Å². The summed E-state index contributed by atoms with van der Waals surface area (Å²) in [4.78, 5) is 2.59. The van der Waals surface area contributed by atoms with E-state index in [0.29, 0.717) is 5.38 Å². The van der Waals surface area contributed by atoms with E-state index in [1.807, 2.05) is 0 Å². The molecule has 2 heteroatoms. The highest BCUT2D eigenvalue weighted by atomic mass is 35.5. The Bertz CT molecular complexity index is 143. The Morgan fingerprint density at radius 1 is 1.25 bits per heavy atom. The number of hydrogen-bond donors (Lipinski definition) is 0. The van der Waals surface area contributed by atoms with E-state index in [-0.39, 0.29) is 0 Å². The maximum absolute atomic E-state index is 6.09. The third kappa shape index (κ3) is 1.94. The van der Waals surface area contributed by atoms with Gasteiger partial charge < -0.3 is 0 Å². The van der Waals surface area contributed by atoms with Gasteiger partial charge in [0.25, 0.3) is 0 Å². The molecule has 2 rings (SSSR count). The number of nitrogens with zero attached hydrogens (tertiary/aromatic N) is 1. The molecule has 1 atom stereocenters. The average Bonchev–Trinajstić information content (AvgIpc) is 2.56. The molecule has 69 valence electrons. The van der Waals surface area contributed by atoms with Gasteiger partial charge in [-0.05, 0) is 32.2 Å². The van der Waals surface area contributed by atoms with Crippen LogP contribution in [0.2, 0.25) is 0 Å². The van der Waals surface area contributed by atoms with Crippen molar-refractivity contribution in [1.29, 1.82) is 0 Å². The molecule has 1 nitrogen and oxygen atoms in total. The van der Waals surface area contributed by atoms with Crippen LogP contribution in [-0.4, -0.2) is 29.4 Å². The molecule has 0 bridgehead atoms. The van der Waals surface area contributed by atoms with E-state index < -0.39 is 0 Å². The minimum Gasteiger partial charge on any atom is -0.299 e. The predicted molar refractivity (Wildman–Crippen MR) is 52.4 cm³/mol. The van der Waals surface area contributed by atoms with Gasteiger partial charge in [-0.2, -0.15) is 0 Å². The Balaban J connectivity index is 1.85. The van der Waals surface area contributed by atoms with Gasteiger partial charge in [0.15, 0.2) is 0 Å². The minimum atomic E-state index is 0.305. The summed E-state index contributed by atoms with van der Waals surface area (Å²) in [5, 5.41) is 0.305. The summed E-state index contributed by atoms with van der Waals surface area (Å²) in [5.41, 5.74) is 0. The smallest absolute Gasteiger partial charge is 0.0495 e. The van der Waals surface area contributed by atoms with Crippen LogP contribution < -0.4 is 0 Å². The van der Waals surface area contributed by atoms with Crippen LogP contribution in [0.15, 0.2) is 0 Å². The van der Waals surface area contributed by atoms with E-state index >= 15 is 0 Å². The van der Waals surface area contributed by atoms with Crippen molar-refractivity contribution in [3.63, 3.8) is 0 Å². The summed E-state index contributed by atoms with van der Waals surface area (Å²) in [7, 11) is 0. The topological polar surface area (TPSA) is 3.24 Å². The molecular formula is C10H17ClN. The van der Waals surface area contributed by atoms with Gasteiger partial charge in [-0.1, -0.05) is 12.8 Å². The molecule has 1 saturated carbocycles. The lowest BCUT2D eigenvalue weighted by atomic mass is 10.1. The molecule has 0 N–H and O–H groups in total. The van der Waals surface area contributed by atoms with Gasteiger partial charge in [0.05, 0.1) is 0 Å². The number of hydrogen-bond acceptors (Lipinski definition) is 1. The second-order valence-electron chi connectivity index (χ2n) is 3.97. The fraction of sp³-hybridized carbons (Fsp3) is 0.900. The molecule has 12 heavy (non-hydrogen) atoms. The normalized spacial score (nSPS) is 34.2. The molecule has 0 amide bonds. The number of piperidine rings is 1. The van der Waals surface area contributed by atoms with Gasteiger partial charge >= 0.3 is 0 Å². The monoisotopic (exact) mass is 186 g/mol. The highest BCUT2D eigenvalue weighted by Gasteiger charge is 2.26. The van der Waals surface area contributed by atoms with Gasteiger partial charge in [0.2, 0.25) is 0 Å². The Hall–Kier alpha value is 0.250. The van der Waals surface area contributed by atoms with Crippen molar-refractivity contribution in [2.24, 2.45) is 0 Å². The van der Waals surface area contributed by atoms with E-state index in [1.54, 1.807) is 0 Å². The van der Waals surface area contributed by atoms with Gasteiger partial charge in [0, 0.05) is 18.0 Å². The van der Waals surface area contributed by atoms with Crippen LogP contribution in [0.3, 0.4) is 0 Å². The predicted octanol–water partition coefficient (Wildman–Crippen LogP) is 2.45. The van der Waals surface area contributed by atoms with Crippen molar-refractivity contribution >= 4 is 11.6 Å². The Morgan fingerprint density at radius 3 is 2.67 bits per heavy atom. The molecule has 1 saturated heterocycles. The molecule has 1 unspecified atom stereocenters. The molecule has 1 radical (unpaired) electrons. The van der Waals surface area contributed by atoms with Crippen LogP contribution in [0.5, 0.6) is 0 Å². The molecule has 0 spiro atoms. The van der Waals surface area contributed by atoms with Crippen molar-refractivity contribution in [1.82, 2.24) is 4.90 Å². The summed E-state index contributed by atoms with van der Waals surface area (Å²) < 4.78 is 0. The van der Waals surface area contributed by atoms with Crippen LogP contribution in [0, 0.1) is 6.42 Å². The molecule has 1 aliphatic carbocycles. The minimum absolute atomic E-state index is 0.305. The third-order valence-electron chi connectivity index (χ3n) is 3.09. The lowest BCUT2D eigenvalue weighted by molar-refractivity contribution is 0.186. The van der Waals surface area contributed by atoms with E-state index in [4.69, 9.17) is 11.6 Å². The SMILES string of the molecule is ClC1[CH]CCN(C2CCCC2)C1. The summed E-state index contributed by atoms with van der Waals surface area (Å²) >= 11 is 6.09. The molecule has 2 fully saturated rings. The van der Waals surface area contributed by atoms with Crippen molar-refractivity contribution in [2.45, 2.75) is 43.5 Å². The standard InChI is InChI=1S/C10H17ClN/c11-9-4-3-7-12(8-9)10-5-1-2-6-10/h4,9-10H,1-3,5-8H2. The second-order valence-corrected chi connectivity index (χ2v) is 4.53. The Kier molecular flexibility index (Phi) is 2.92. The molecule has 0 aromatic heterocycles. The van der Waals surface area contributed by atoms with Gasteiger partial charge in [-0.3, -0.25) is 4.90 Å². The molecule has 1 heterocycles. The van der Waals surface area contributed by atoms with E-state index in [1.165, 1.54) is 38.6 Å². The number of rotatable bonds is 1. The molecule has 1 aliphatic heterocycles. The molecule has 2 aliphatic rings. The van der Waals surface area contributed by atoms with Crippen molar-refractivity contribution in [3.8, 4) is 0 Å². The van der Waals surface area contributed by atoms with Crippen molar-refractivity contribution < 1.29 is 0 Å². The van der Waals surface area contributed by atoms with Crippen molar-refractivity contribution in [3.05, 3.63) is 6.42 Å². The van der Waals surface area contributed by atoms with Crippen LogP contribution in [0.25, 0.3) is 0 Å². The fourth-order valence-electron chi connectivity index (χ4n) is 2.41. The zero-order valence-electron chi connectivity index (χ0n) is 7.51. The van der Waals surface area contributed by atoms with E-state index in [9.17, 15) is 0 Å². The highest BCUT2D eigenvalue weighted by Crippen LogP contribution is 2.26. The zero-order chi connectivity index (χ0) is 8.39. The molecular weight excluding hydrogens is 170 g/mol. The summed E-state index contributed by atoms with van der Waals surface area (Å²) in [5.74, 6) is 0. The number of halogens is 1. The first kappa shape index (κ1) is 8.83. The summed E-state index contributed by atoms with van der Waals surface area (Å²) in [6, 6.07) is 0.861. The maximum Gasteiger partial charge on any atom is 0.0495 e. The summed E-state index contributed by atoms with van der Waals surface area (Å²) in [6.07, 6.45) is 9.10. The average molecular weight is 187 g/mol. The zero-order valence-corrected chi connectivity index (χ0v) is 8.26. The largest absolute Gasteiger partial charge is 0.299 e. The lowest BCUT2D eigenvalue weighted by Crippen LogP contribution is -2.42. The van der Waals surface area contributed by atoms with Crippen LogP contribution >= 0.6 is 11.6 Å². The second kappa shape index (κ2) is 3.97. The lowest BCUT2D eigenvalue weighted by Gasteiger charge is -2.34. The highest BCUT2D eigenvalue weighted by molar-refractivity contribution is 6.21. The van der Waals surface area contributed by atoms with Crippen LogP contribution in [0.1, 0.15) is 32.1 Å². The van der Waals surface area contributed by atoms with Crippen LogP contribution in [0.4, 0.5) is 0 Å². The Morgan fingerprint density at radius 2 is 2.00 bits per heavy atom. The van der Waals surface area contributed by atoms with Gasteiger partial charge in [0.1, 0.15) is 0 Å². The first-order valence-corrected chi connectivity index (χ1v) is 5.51. The van der Waals surface area contributed by atoms with E-state index in [2.05, 4.69) is 11.3 Å². The van der Waals surface area contributed by atoms with Gasteiger partial charge in [-0.15, -0.1) is 11.6 Å². The van der Waals surface area contributed by atoms with Crippen molar-refractivity contribution in [2.75, 3.05) is 13.1 Å². The summed E-state index contributed by atoms with van der Waals surface area (Å²) in [6.45, 7) is 2.33. The van der Waals surface area contributed by atoms with Crippen LogP contribution in [-0.2, 0) is 0 Å². The molecule has 0 aromatic rings. The third-order valence-corrected chi connectivity index (χ3v) is 3.40. The molecule has 0 aromatic carbocycles. The fourth-order valence-corrected chi connectivity index (χ4v) is 2.72. The number of likely N-dealkylation sites (tertiary alicyclic amines) is 1. The quantitative estimate of drug-likeness (QED) is 0.569. The van der Waals surface area contributed by atoms with Gasteiger partial charge in [-0.25, -0.2) is 0 Å². The number of alkyl halides is 1. The maximum atomic E-state index is 6.09. The Labute approximate surface area is 80.1 Å².